The monoisotopic (exact) mass is 279 g/mol. The normalized spacial score (nSPS) is 15.7. The van der Waals surface area contributed by atoms with E-state index in [2.05, 4.69) is 5.32 Å². The molecule has 0 aliphatic carbocycles. The Labute approximate surface area is 116 Å². The summed E-state index contributed by atoms with van der Waals surface area (Å²) < 4.78 is 10.3. The van der Waals surface area contributed by atoms with Crippen molar-refractivity contribution in [2.24, 2.45) is 5.92 Å². The van der Waals surface area contributed by atoms with Crippen LogP contribution in [0, 0.1) is 5.92 Å². The molecule has 0 radical (unpaired) electrons. The van der Waals surface area contributed by atoms with E-state index in [9.17, 15) is 9.59 Å². The van der Waals surface area contributed by atoms with Crippen LogP contribution in [0.2, 0.25) is 0 Å². The summed E-state index contributed by atoms with van der Waals surface area (Å²) in [5, 5.41) is 11.7. The van der Waals surface area contributed by atoms with Crippen LogP contribution in [0.15, 0.2) is 18.2 Å². The Morgan fingerprint density at radius 2 is 2.05 bits per heavy atom. The average molecular weight is 279 g/mol. The van der Waals surface area contributed by atoms with Gasteiger partial charge in [0.15, 0.2) is 0 Å². The van der Waals surface area contributed by atoms with Crippen molar-refractivity contribution in [3.05, 3.63) is 23.8 Å². The topological polar surface area (TPSA) is 84.9 Å². The minimum Gasteiger partial charge on any atom is -0.495 e. The van der Waals surface area contributed by atoms with Crippen LogP contribution < -0.4 is 10.1 Å². The molecule has 1 aliphatic rings. The van der Waals surface area contributed by atoms with E-state index in [4.69, 9.17) is 14.6 Å². The molecule has 20 heavy (non-hydrogen) atoms. The van der Waals surface area contributed by atoms with Crippen molar-refractivity contribution in [3.8, 4) is 5.75 Å². The molecule has 1 fully saturated rings. The average Bonchev–Trinajstić information content (AvgIpc) is 2.48. The van der Waals surface area contributed by atoms with E-state index in [1.165, 1.54) is 25.3 Å². The maximum absolute atomic E-state index is 12.1. The molecule has 6 nitrogen and oxygen atoms in total. The molecule has 0 bridgehead atoms. The van der Waals surface area contributed by atoms with Crippen molar-refractivity contribution in [2.75, 3.05) is 25.6 Å². The molecule has 1 aromatic carbocycles. The summed E-state index contributed by atoms with van der Waals surface area (Å²) in [5.41, 5.74) is 0.483. The molecule has 2 N–H and O–H groups in total. The number of ether oxygens (including phenoxy) is 2. The number of hydrogen-bond acceptors (Lipinski definition) is 4. The Hall–Kier alpha value is -2.08. The van der Waals surface area contributed by atoms with Crippen LogP contribution >= 0.6 is 0 Å². The fraction of sp³-hybridized carbons (Fsp3) is 0.429. The first-order valence-electron chi connectivity index (χ1n) is 6.41. The minimum atomic E-state index is -1.05. The Bertz CT molecular complexity index is 508. The van der Waals surface area contributed by atoms with Crippen LogP contribution in [-0.4, -0.2) is 37.3 Å². The third-order valence-electron chi connectivity index (χ3n) is 3.30. The second-order valence-electron chi connectivity index (χ2n) is 4.60. The van der Waals surface area contributed by atoms with E-state index in [1.807, 2.05) is 0 Å². The molecule has 1 heterocycles. The molecule has 2 rings (SSSR count). The molecule has 0 atom stereocenters. The maximum atomic E-state index is 12.1. The first-order chi connectivity index (χ1) is 9.61. The van der Waals surface area contributed by atoms with Gasteiger partial charge in [0.05, 0.1) is 18.4 Å². The van der Waals surface area contributed by atoms with Crippen molar-refractivity contribution >= 4 is 17.6 Å². The minimum absolute atomic E-state index is 0.105. The zero-order valence-electron chi connectivity index (χ0n) is 11.2. The number of carboxylic acid groups (broad SMARTS) is 1. The van der Waals surface area contributed by atoms with Gasteiger partial charge in [-0.15, -0.1) is 0 Å². The van der Waals surface area contributed by atoms with Gasteiger partial charge in [0.1, 0.15) is 5.75 Å². The number of anilines is 1. The van der Waals surface area contributed by atoms with E-state index in [0.29, 0.717) is 37.5 Å². The lowest BCUT2D eigenvalue weighted by Crippen LogP contribution is -2.28. The highest BCUT2D eigenvalue weighted by atomic mass is 16.5. The highest BCUT2D eigenvalue weighted by Gasteiger charge is 2.22. The number of aromatic carboxylic acids is 1. The second kappa shape index (κ2) is 6.38. The molecule has 0 saturated carbocycles. The quantitative estimate of drug-likeness (QED) is 0.877. The van der Waals surface area contributed by atoms with Gasteiger partial charge in [0, 0.05) is 19.1 Å². The first kappa shape index (κ1) is 14.3. The van der Waals surface area contributed by atoms with Gasteiger partial charge in [0.25, 0.3) is 0 Å². The highest BCUT2D eigenvalue weighted by molar-refractivity contribution is 5.96. The standard InChI is InChI=1S/C14H17NO5/c1-19-12-3-2-10(14(17)18)8-11(12)15-13(16)9-4-6-20-7-5-9/h2-3,8-9H,4-7H2,1H3,(H,15,16)(H,17,18). The fourth-order valence-corrected chi connectivity index (χ4v) is 2.13. The smallest absolute Gasteiger partial charge is 0.335 e. The van der Waals surface area contributed by atoms with Crippen LogP contribution in [0.1, 0.15) is 23.2 Å². The predicted octanol–water partition coefficient (Wildman–Crippen LogP) is 1.76. The summed E-state index contributed by atoms with van der Waals surface area (Å²) in [6.07, 6.45) is 1.35. The van der Waals surface area contributed by atoms with E-state index in [0.717, 1.165) is 0 Å². The van der Waals surface area contributed by atoms with Gasteiger partial charge >= 0.3 is 5.97 Å². The third-order valence-corrected chi connectivity index (χ3v) is 3.30. The Morgan fingerprint density at radius 1 is 1.35 bits per heavy atom. The van der Waals surface area contributed by atoms with Crippen molar-refractivity contribution < 1.29 is 24.2 Å². The number of methoxy groups -OCH3 is 1. The van der Waals surface area contributed by atoms with Crippen LogP contribution in [0.4, 0.5) is 5.69 Å². The van der Waals surface area contributed by atoms with Gasteiger partial charge in [-0.3, -0.25) is 4.79 Å². The number of benzene rings is 1. The summed E-state index contributed by atoms with van der Waals surface area (Å²) in [4.78, 5) is 23.1. The number of rotatable bonds is 4. The number of amides is 1. The molecule has 0 spiro atoms. The van der Waals surface area contributed by atoms with Crippen molar-refractivity contribution in [1.29, 1.82) is 0 Å². The van der Waals surface area contributed by atoms with Crippen molar-refractivity contribution in [2.45, 2.75) is 12.8 Å². The lowest BCUT2D eigenvalue weighted by atomic mass is 9.99. The molecule has 108 valence electrons. The number of carbonyl (C=O) groups is 2. The molecule has 0 aromatic heterocycles. The Kier molecular flexibility index (Phi) is 4.57. The van der Waals surface area contributed by atoms with Crippen molar-refractivity contribution in [3.63, 3.8) is 0 Å². The van der Waals surface area contributed by atoms with E-state index < -0.39 is 5.97 Å². The molecule has 0 unspecified atom stereocenters. The van der Waals surface area contributed by atoms with Gasteiger partial charge in [-0.25, -0.2) is 4.79 Å². The highest BCUT2D eigenvalue weighted by Crippen LogP contribution is 2.27. The van der Waals surface area contributed by atoms with Crippen LogP contribution in [0.5, 0.6) is 5.75 Å². The largest absolute Gasteiger partial charge is 0.495 e. The summed E-state index contributed by atoms with van der Waals surface area (Å²) in [5.74, 6) is -0.847. The Balaban J connectivity index is 2.15. The van der Waals surface area contributed by atoms with Gasteiger partial charge < -0.3 is 19.9 Å². The number of carbonyl (C=O) groups excluding carboxylic acids is 1. The summed E-state index contributed by atoms with van der Waals surface area (Å²) in [7, 11) is 1.47. The molecule has 1 amide bonds. The second-order valence-corrected chi connectivity index (χ2v) is 4.60. The fourth-order valence-electron chi connectivity index (χ4n) is 2.13. The summed E-state index contributed by atoms with van der Waals surface area (Å²) >= 11 is 0. The SMILES string of the molecule is COc1ccc(C(=O)O)cc1NC(=O)C1CCOCC1. The van der Waals surface area contributed by atoms with Crippen LogP contribution in [0.25, 0.3) is 0 Å². The first-order valence-corrected chi connectivity index (χ1v) is 6.41. The van der Waals surface area contributed by atoms with Crippen LogP contribution in [0.3, 0.4) is 0 Å². The molecule has 1 aliphatic heterocycles. The molecular weight excluding hydrogens is 262 g/mol. The van der Waals surface area contributed by atoms with E-state index in [-0.39, 0.29) is 17.4 Å². The zero-order valence-corrected chi connectivity index (χ0v) is 11.2. The molecule has 1 saturated heterocycles. The number of carboxylic acids is 1. The van der Waals surface area contributed by atoms with E-state index >= 15 is 0 Å². The molecular formula is C14H17NO5. The van der Waals surface area contributed by atoms with Gasteiger partial charge in [0.2, 0.25) is 5.91 Å². The third kappa shape index (κ3) is 3.27. The van der Waals surface area contributed by atoms with Crippen LogP contribution in [-0.2, 0) is 9.53 Å². The Morgan fingerprint density at radius 3 is 2.65 bits per heavy atom. The van der Waals surface area contributed by atoms with Gasteiger partial charge in [-0.05, 0) is 31.0 Å². The number of hydrogen-bond donors (Lipinski definition) is 2. The van der Waals surface area contributed by atoms with Crippen molar-refractivity contribution in [1.82, 2.24) is 0 Å². The summed E-state index contributed by atoms with van der Waals surface area (Å²) in [6, 6.07) is 4.37. The lowest BCUT2D eigenvalue weighted by molar-refractivity contribution is -0.122. The molecule has 1 aromatic rings. The predicted molar refractivity (Wildman–Crippen MR) is 72.1 cm³/mol. The van der Waals surface area contributed by atoms with E-state index in [1.54, 1.807) is 0 Å². The van der Waals surface area contributed by atoms with Gasteiger partial charge in [-0.1, -0.05) is 0 Å². The molecule has 6 heteroatoms. The van der Waals surface area contributed by atoms with Gasteiger partial charge in [-0.2, -0.15) is 0 Å². The zero-order chi connectivity index (χ0) is 14.5. The number of nitrogens with one attached hydrogen (secondary N) is 1. The lowest BCUT2D eigenvalue weighted by Gasteiger charge is -2.21. The maximum Gasteiger partial charge on any atom is 0.335 e. The summed E-state index contributed by atoms with van der Waals surface area (Å²) in [6.45, 7) is 1.15.